The SMILES string of the molecule is N#Cc1cc(-c2cccc3c2sc2ccccc23)cc(-n2c3ccccc3c3c4c5ccccc5n(-c5cc6c7c(c5)Oc5ccccc5B7c5ccccc5O6)c4ccc32)c1. The molecule has 0 radical (unpaired) electrons. The molecule has 0 atom stereocenters. The highest BCUT2D eigenvalue weighted by atomic mass is 32.1. The highest BCUT2D eigenvalue weighted by molar-refractivity contribution is 7.26. The summed E-state index contributed by atoms with van der Waals surface area (Å²) in [5.74, 6) is 3.34. The first-order chi connectivity index (χ1) is 30.7. The summed E-state index contributed by atoms with van der Waals surface area (Å²) in [7, 11) is 0. The minimum absolute atomic E-state index is 0.00534. The predicted molar refractivity (Wildman–Crippen MR) is 256 cm³/mol. The van der Waals surface area contributed by atoms with Gasteiger partial charge in [0.1, 0.15) is 23.0 Å². The Morgan fingerprint density at radius 2 is 1.02 bits per heavy atom. The van der Waals surface area contributed by atoms with Crippen molar-refractivity contribution in [1.29, 1.82) is 5.26 Å². The Labute approximate surface area is 359 Å². The maximum absolute atomic E-state index is 10.5. The summed E-state index contributed by atoms with van der Waals surface area (Å²) in [6.07, 6.45) is 0. The summed E-state index contributed by atoms with van der Waals surface area (Å²) in [5.41, 5.74) is 12.4. The van der Waals surface area contributed by atoms with Crippen LogP contribution in [0, 0.1) is 11.3 Å². The molecule has 3 aromatic heterocycles. The summed E-state index contributed by atoms with van der Waals surface area (Å²) in [6.45, 7) is 0.00534. The lowest BCUT2D eigenvalue weighted by atomic mass is 9.35. The third-order valence-electron chi connectivity index (χ3n) is 13.0. The van der Waals surface area contributed by atoms with E-state index < -0.39 is 0 Å². The molecule has 2 aliphatic rings. The predicted octanol–water partition coefficient (Wildman–Crippen LogP) is 12.5. The van der Waals surface area contributed by atoms with E-state index in [4.69, 9.17) is 9.47 Å². The van der Waals surface area contributed by atoms with Crippen molar-refractivity contribution in [3.63, 3.8) is 0 Å². The van der Waals surface area contributed by atoms with Crippen LogP contribution in [0.25, 0.3) is 86.3 Å². The van der Waals surface area contributed by atoms with Gasteiger partial charge in [0, 0.05) is 65.0 Å². The molecule has 2 aliphatic heterocycles. The fraction of sp³-hybridized carbons (Fsp3) is 0. The molecule has 286 valence electrons. The van der Waals surface area contributed by atoms with Gasteiger partial charge in [-0.2, -0.15) is 5.26 Å². The van der Waals surface area contributed by atoms with Crippen molar-refractivity contribution in [3.8, 4) is 51.6 Å². The zero-order chi connectivity index (χ0) is 40.6. The van der Waals surface area contributed by atoms with Crippen LogP contribution < -0.4 is 25.9 Å². The highest BCUT2D eigenvalue weighted by Gasteiger charge is 2.40. The largest absolute Gasteiger partial charge is 0.458 e. The van der Waals surface area contributed by atoms with Crippen LogP contribution in [0.4, 0.5) is 0 Å². The van der Waals surface area contributed by atoms with Crippen molar-refractivity contribution < 1.29 is 9.47 Å². The highest BCUT2D eigenvalue weighted by Crippen LogP contribution is 2.46. The minimum Gasteiger partial charge on any atom is -0.458 e. The van der Waals surface area contributed by atoms with Crippen LogP contribution in [0.1, 0.15) is 5.56 Å². The fourth-order valence-electron chi connectivity index (χ4n) is 10.5. The Morgan fingerprint density at radius 3 is 1.66 bits per heavy atom. The standard InChI is InChI=1S/C55H30BN3O2S/c57-31-32-26-33(36-15-11-16-38-37-12-3-10-23-51(37)62-55(36)38)28-34(27-32)58-43-19-6-1-13-39(43)52-45(58)24-25-46-53(52)40-14-2-7-20-44(40)59(46)35-29-49-54-50(30-35)61-48-22-9-5-18-42(48)56(54)41-17-4-8-21-47(41)60-49/h1-30H. The number of aromatic nitrogens is 2. The van der Waals surface area contributed by atoms with Gasteiger partial charge in [0.25, 0.3) is 6.71 Å². The summed E-state index contributed by atoms with van der Waals surface area (Å²) in [4.78, 5) is 0. The van der Waals surface area contributed by atoms with Gasteiger partial charge in [-0.25, -0.2) is 0 Å². The third-order valence-corrected chi connectivity index (χ3v) is 14.2. The second-order valence-electron chi connectivity index (χ2n) is 16.3. The Morgan fingerprint density at radius 1 is 0.468 bits per heavy atom. The Balaban J connectivity index is 1.02. The van der Waals surface area contributed by atoms with E-state index >= 15 is 0 Å². The quantitative estimate of drug-likeness (QED) is 0.167. The molecule has 7 heteroatoms. The lowest BCUT2D eigenvalue weighted by Gasteiger charge is -2.33. The number of fused-ring (bicyclic) bond motifs is 14. The Kier molecular flexibility index (Phi) is 6.80. The van der Waals surface area contributed by atoms with E-state index in [2.05, 4.69) is 173 Å². The van der Waals surface area contributed by atoms with Crippen LogP contribution in [0.5, 0.6) is 23.0 Å². The molecule has 0 saturated heterocycles. The molecule has 14 rings (SSSR count). The van der Waals surface area contributed by atoms with Gasteiger partial charge >= 0.3 is 0 Å². The number of para-hydroxylation sites is 4. The van der Waals surface area contributed by atoms with E-state index in [1.54, 1.807) is 0 Å². The van der Waals surface area contributed by atoms with Gasteiger partial charge in [0.2, 0.25) is 0 Å². The number of benzene rings is 9. The van der Waals surface area contributed by atoms with E-state index in [1.165, 1.54) is 30.9 Å². The molecule has 0 unspecified atom stereocenters. The van der Waals surface area contributed by atoms with E-state index in [9.17, 15) is 5.26 Å². The van der Waals surface area contributed by atoms with Gasteiger partial charge < -0.3 is 18.6 Å². The number of nitrogens with zero attached hydrogens (tertiary/aromatic N) is 3. The average Bonchev–Trinajstić information content (AvgIpc) is 3.99. The molecule has 12 aromatic rings. The molecule has 0 bridgehead atoms. The fourth-order valence-corrected chi connectivity index (χ4v) is 11.8. The summed E-state index contributed by atoms with van der Waals surface area (Å²) in [5, 5.41) is 17.6. The van der Waals surface area contributed by atoms with E-state index in [1.807, 2.05) is 35.6 Å². The van der Waals surface area contributed by atoms with Gasteiger partial charge in [-0.1, -0.05) is 109 Å². The van der Waals surface area contributed by atoms with Gasteiger partial charge in [-0.15, -0.1) is 11.3 Å². The second-order valence-corrected chi connectivity index (χ2v) is 17.3. The van der Waals surface area contributed by atoms with E-state index in [0.29, 0.717) is 5.56 Å². The first-order valence-corrected chi connectivity index (χ1v) is 21.7. The van der Waals surface area contributed by atoms with Crippen LogP contribution in [0.3, 0.4) is 0 Å². The molecule has 5 heterocycles. The van der Waals surface area contributed by atoms with Crippen molar-refractivity contribution in [3.05, 3.63) is 188 Å². The molecule has 0 saturated carbocycles. The zero-order valence-corrected chi connectivity index (χ0v) is 33.8. The maximum atomic E-state index is 10.5. The minimum atomic E-state index is 0.00534. The van der Waals surface area contributed by atoms with E-state index in [0.717, 1.165) is 94.7 Å². The van der Waals surface area contributed by atoms with Gasteiger partial charge in [-0.3, -0.25) is 0 Å². The molecule has 0 amide bonds. The Bertz CT molecular complexity index is 3910. The normalized spacial score (nSPS) is 12.7. The number of thiophene rings is 1. The smallest absolute Gasteiger partial charge is 0.260 e. The lowest BCUT2D eigenvalue weighted by Crippen LogP contribution is -2.57. The monoisotopic (exact) mass is 807 g/mol. The molecule has 0 aliphatic carbocycles. The molecule has 0 spiro atoms. The van der Waals surface area contributed by atoms with Gasteiger partial charge in [0.15, 0.2) is 0 Å². The first-order valence-electron chi connectivity index (χ1n) is 20.8. The molecule has 0 fully saturated rings. The van der Waals surface area contributed by atoms with Crippen molar-refractivity contribution >= 4 is 98.2 Å². The maximum Gasteiger partial charge on any atom is 0.260 e. The van der Waals surface area contributed by atoms with Crippen LogP contribution in [-0.4, -0.2) is 15.8 Å². The summed E-state index contributed by atoms with van der Waals surface area (Å²) in [6, 6.07) is 66.8. The van der Waals surface area contributed by atoms with Crippen LogP contribution in [-0.2, 0) is 0 Å². The Hall–Kier alpha value is -8.05. The second kappa shape index (κ2) is 12.5. The van der Waals surface area contributed by atoms with Crippen LogP contribution >= 0.6 is 11.3 Å². The topological polar surface area (TPSA) is 52.1 Å². The lowest BCUT2D eigenvalue weighted by molar-refractivity contribution is 0.464. The van der Waals surface area contributed by atoms with Crippen molar-refractivity contribution in [2.75, 3.05) is 0 Å². The first kappa shape index (κ1) is 33.8. The zero-order valence-electron chi connectivity index (χ0n) is 33.0. The number of hydrogen-bond acceptors (Lipinski definition) is 4. The molecule has 5 nitrogen and oxygen atoms in total. The average molecular weight is 808 g/mol. The summed E-state index contributed by atoms with van der Waals surface area (Å²) >= 11 is 1.81. The van der Waals surface area contributed by atoms with Gasteiger partial charge in [-0.05, 0) is 82.7 Å². The molecule has 0 N–H and O–H groups in total. The number of rotatable bonds is 3. The van der Waals surface area contributed by atoms with E-state index in [-0.39, 0.29) is 6.71 Å². The van der Waals surface area contributed by atoms with Crippen molar-refractivity contribution in [1.82, 2.24) is 9.13 Å². The van der Waals surface area contributed by atoms with Crippen LogP contribution in [0.15, 0.2) is 182 Å². The van der Waals surface area contributed by atoms with Gasteiger partial charge in [0.05, 0.1) is 39.4 Å². The van der Waals surface area contributed by atoms with Crippen molar-refractivity contribution in [2.24, 2.45) is 0 Å². The number of nitriles is 1. The molecule has 9 aromatic carbocycles. The summed E-state index contributed by atoms with van der Waals surface area (Å²) < 4.78 is 20.7. The van der Waals surface area contributed by atoms with Crippen LogP contribution in [0.2, 0.25) is 0 Å². The third kappa shape index (κ3) is 4.56. The number of ether oxygens (including phenoxy) is 2. The molecular formula is C55H30BN3O2S. The van der Waals surface area contributed by atoms with Crippen molar-refractivity contribution in [2.45, 2.75) is 0 Å². The number of hydrogen-bond donors (Lipinski definition) is 0. The molecular weight excluding hydrogens is 778 g/mol. The molecule has 62 heavy (non-hydrogen) atoms.